The summed E-state index contributed by atoms with van der Waals surface area (Å²) in [5, 5.41) is 8.88. The Balaban J connectivity index is 2.16. The van der Waals surface area contributed by atoms with Crippen molar-refractivity contribution in [2.45, 2.75) is 13.3 Å². The maximum atomic E-state index is 12.3. The van der Waals surface area contributed by atoms with Gasteiger partial charge in [0.05, 0.1) is 5.69 Å². The maximum Gasteiger partial charge on any atom is 0.323 e. The van der Waals surface area contributed by atoms with Crippen molar-refractivity contribution in [2.24, 2.45) is 0 Å². The number of anilines is 1. The number of carbonyl (C=O) groups is 3. The molecule has 118 valence electrons. The number of carbonyl (C=O) groups excluding carboxylic acids is 2. The molecule has 0 atom stereocenters. The summed E-state index contributed by atoms with van der Waals surface area (Å²) in [6, 6.07) is 6.95. The summed E-state index contributed by atoms with van der Waals surface area (Å²) >= 11 is 0. The molecule has 0 fully saturated rings. The molecule has 0 aliphatic carbocycles. The number of amides is 2. The van der Waals surface area contributed by atoms with E-state index in [-0.39, 0.29) is 25.6 Å². The normalized spacial score (nSPS) is 13.3. The van der Waals surface area contributed by atoms with Gasteiger partial charge in [-0.05, 0) is 18.6 Å². The van der Waals surface area contributed by atoms with Crippen molar-refractivity contribution in [1.29, 1.82) is 0 Å². The summed E-state index contributed by atoms with van der Waals surface area (Å²) < 4.78 is 5.31. The number of para-hydroxylation sites is 2. The van der Waals surface area contributed by atoms with Gasteiger partial charge in [0.25, 0.3) is 5.91 Å². The van der Waals surface area contributed by atoms with Gasteiger partial charge in [0.2, 0.25) is 5.91 Å². The highest BCUT2D eigenvalue weighted by Gasteiger charge is 2.28. The standard InChI is InChI=1S/C15H18N2O5/c1-2-7-16(9-15(20)21)13(18)8-17-11-5-3-4-6-12(11)22-10-14(17)19/h3-6H,2,7-10H2,1H3,(H,20,21). The molecule has 2 rings (SSSR count). The Morgan fingerprint density at radius 3 is 2.77 bits per heavy atom. The minimum atomic E-state index is -1.07. The highest BCUT2D eigenvalue weighted by molar-refractivity contribution is 6.02. The molecule has 1 aliphatic rings. The van der Waals surface area contributed by atoms with Crippen molar-refractivity contribution >= 4 is 23.5 Å². The number of rotatable bonds is 6. The highest BCUT2D eigenvalue weighted by Crippen LogP contribution is 2.31. The minimum Gasteiger partial charge on any atom is -0.482 e. The fourth-order valence-corrected chi connectivity index (χ4v) is 2.29. The van der Waals surface area contributed by atoms with Gasteiger partial charge in [-0.3, -0.25) is 19.3 Å². The van der Waals surface area contributed by atoms with E-state index >= 15 is 0 Å². The summed E-state index contributed by atoms with van der Waals surface area (Å²) in [6.07, 6.45) is 0.646. The summed E-state index contributed by atoms with van der Waals surface area (Å²) in [5.41, 5.74) is 0.527. The first-order chi connectivity index (χ1) is 10.5. The molecule has 1 aromatic carbocycles. The highest BCUT2D eigenvalue weighted by atomic mass is 16.5. The van der Waals surface area contributed by atoms with Gasteiger partial charge in [0.15, 0.2) is 6.61 Å². The van der Waals surface area contributed by atoms with Crippen LogP contribution in [0.1, 0.15) is 13.3 Å². The summed E-state index contributed by atoms with van der Waals surface area (Å²) in [5.74, 6) is -1.25. The van der Waals surface area contributed by atoms with E-state index in [2.05, 4.69) is 0 Å². The Bertz CT molecular complexity index is 587. The molecule has 0 saturated heterocycles. The van der Waals surface area contributed by atoms with Crippen molar-refractivity contribution < 1.29 is 24.2 Å². The average molecular weight is 306 g/mol. The number of fused-ring (bicyclic) bond motifs is 1. The Morgan fingerprint density at radius 2 is 2.09 bits per heavy atom. The van der Waals surface area contributed by atoms with E-state index in [1.54, 1.807) is 24.3 Å². The van der Waals surface area contributed by atoms with Crippen LogP contribution in [0.2, 0.25) is 0 Å². The first kappa shape index (κ1) is 15.8. The lowest BCUT2D eigenvalue weighted by atomic mass is 10.2. The van der Waals surface area contributed by atoms with Crippen LogP contribution >= 0.6 is 0 Å². The number of carboxylic acid groups (broad SMARTS) is 1. The number of nitrogens with zero attached hydrogens (tertiary/aromatic N) is 2. The van der Waals surface area contributed by atoms with Gasteiger partial charge in [-0.1, -0.05) is 19.1 Å². The van der Waals surface area contributed by atoms with Crippen molar-refractivity contribution in [3.05, 3.63) is 24.3 Å². The van der Waals surface area contributed by atoms with Gasteiger partial charge in [0.1, 0.15) is 18.8 Å². The third-order valence-electron chi connectivity index (χ3n) is 3.27. The Hall–Kier alpha value is -2.57. The monoisotopic (exact) mass is 306 g/mol. The van der Waals surface area contributed by atoms with Gasteiger partial charge < -0.3 is 14.7 Å². The molecule has 7 nitrogen and oxygen atoms in total. The molecule has 22 heavy (non-hydrogen) atoms. The summed E-state index contributed by atoms with van der Waals surface area (Å²) in [6.45, 7) is 1.51. The van der Waals surface area contributed by atoms with Crippen LogP contribution < -0.4 is 9.64 Å². The van der Waals surface area contributed by atoms with Crippen LogP contribution in [0.5, 0.6) is 5.75 Å². The van der Waals surface area contributed by atoms with Gasteiger partial charge in [-0.25, -0.2) is 0 Å². The fourth-order valence-electron chi connectivity index (χ4n) is 2.29. The quantitative estimate of drug-likeness (QED) is 0.837. The van der Waals surface area contributed by atoms with Crippen LogP contribution in [0.15, 0.2) is 24.3 Å². The molecule has 0 bridgehead atoms. The van der Waals surface area contributed by atoms with Crippen LogP contribution in [-0.2, 0) is 14.4 Å². The van der Waals surface area contributed by atoms with Crippen LogP contribution in [0.3, 0.4) is 0 Å². The molecule has 1 aromatic rings. The molecule has 1 aliphatic heterocycles. The van der Waals surface area contributed by atoms with Crippen molar-refractivity contribution in [3.8, 4) is 5.75 Å². The number of hydrogen-bond acceptors (Lipinski definition) is 4. The fraction of sp³-hybridized carbons (Fsp3) is 0.400. The zero-order chi connectivity index (χ0) is 16.1. The molecular formula is C15H18N2O5. The lowest BCUT2D eigenvalue weighted by molar-refractivity contribution is -0.144. The predicted molar refractivity (Wildman–Crippen MR) is 78.8 cm³/mol. The summed E-state index contributed by atoms with van der Waals surface area (Å²) in [4.78, 5) is 37.8. The van der Waals surface area contributed by atoms with E-state index in [1.165, 1.54) is 9.80 Å². The smallest absolute Gasteiger partial charge is 0.323 e. The average Bonchev–Trinajstić information content (AvgIpc) is 2.49. The maximum absolute atomic E-state index is 12.3. The lowest BCUT2D eigenvalue weighted by Gasteiger charge is -2.30. The third-order valence-corrected chi connectivity index (χ3v) is 3.27. The van der Waals surface area contributed by atoms with Crippen LogP contribution in [0.4, 0.5) is 5.69 Å². The van der Waals surface area contributed by atoms with E-state index < -0.39 is 11.9 Å². The Labute approximate surface area is 128 Å². The van der Waals surface area contributed by atoms with Crippen LogP contribution in [0, 0.1) is 0 Å². The minimum absolute atomic E-state index is 0.128. The largest absolute Gasteiger partial charge is 0.482 e. The Morgan fingerprint density at radius 1 is 1.36 bits per heavy atom. The molecule has 0 spiro atoms. The number of hydrogen-bond donors (Lipinski definition) is 1. The Kier molecular flexibility index (Phi) is 4.98. The van der Waals surface area contributed by atoms with Crippen molar-refractivity contribution in [1.82, 2.24) is 4.90 Å². The molecule has 0 radical (unpaired) electrons. The second-order valence-electron chi connectivity index (χ2n) is 4.95. The first-order valence-electron chi connectivity index (χ1n) is 7.04. The third kappa shape index (κ3) is 3.55. The molecule has 1 heterocycles. The van der Waals surface area contributed by atoms with Gasteiger partial charge >= 0.3 is 5.97 Å². The second-order valence-corrected chi connectivity index (χ2v) is 4.95. The number of benzene rings is 1. The van der Waals surface area contributed by atoms with E-state index in [1.807, 2.05) is 6.92 Å². The van der Waals surface area contributed by atoms with E-state index in [0.29, 0.717) is 24.4 Å². The zero-order valence-electron chi connectivity index (χ0n) is 12.3. The van der Waals surface area contributed by atoms with Crippen molar-refractivity contribution in [2.75, 3.05) is 31.1 Å². The molecule has 0 saturated carbocycles. The molecule has 7 heteroatoms. The first-order valence-corrected chi connectivity index (χ1v) is 7.04. The molecule has 1 N–H and O–H groups in total. The number of carboxylic acids is 1. The predicted octanol–water partition coefficient (Wildman–Crippen LogP) is 0.735. The molecule has 0 unspecified atom stereocenters. The van der Waals surface area contributed by atoms with Crippen molar-refractivity contribution in [3.63, 3.8) is 0 Å². The zero-order valence-corrected chi connectivity index (χ0v) is 12.3. The van der Waals surface area contributed by atoms with Crippen LogP contribution in [0.25, 0.3) is 0 Å². The van der Waals surface area contributed by atoms with E-state index in [9.17, 15) is 14.4 Å². The lowest BCUT2D eigenvalue weighted by Crippen LogP contribution is -2.47. The molecule has 0 aromatic heterocycles. The number of aliphatic carboxylic acids is 1. The SMILES string of the molecule is CCCN(CC(=O)O)C(=O)CN1C(=O)COc2ccccc21. The van der Waals surface area contributed by atoms with Gasteiger partial charge in [-0.15, -0.1) is 0 Å². The van der Waals surface area contributed by atoms with Gasteiger partial charge in [-0.2, -0.15) is 0 Å². The molecule has 2 amide bonds. The van der Waals surface area contributed by atoms with E-state index in [4.69, 9.17) is 9.84 Å². The second kappa shape index (κ2) is 6.93. The topological polar surface area (TPSA) is 87.2 Å². The number of ether oxygens (including phenoxy) is 1. The van der Waals surface area contributed by atoms with Crippen LogP contribution in [-0.4, -0.2) is 54.0 Å². The van der Waals surface area contributed by atoms with E-state index in [0.717, 1.165) is 0 Å². The summed E-state index contributed by atoms with van der Waals surface area (Å²) in [7, 11) is 0. The molecular weight excluding hydrogens is 288 g/mol. The van der Waals surface area contributed by atoms with Gasteiger partial charge in [0, 0.05) is 6.54 Å².